The molecule has 0 unspecified atom stereocenters. The third-order valence-electron chi connectivity index (χ3n) is 2.81. The molecule has 0 aliphatic heterocycles. The zero-order valence-corrected chi connectivity index (χ0v) is 11.5. The summed E-state index contributed by atoms with van der Waals surface area (Å²) in [4.78, 5) is 21.9. The smallest absolute Gasteiger partial charge is 0.273 e. The van der Waals surface area contributed by atoms with E-state index in [2.05, 4.69) is 5.32 Å². The summed E-state index contributed by atoms with van der Waals surface area (Å²) in [6, 6.07) is 10.1. The van der Waals surface area contributed by atoms with E-state index in [1.165, 1.54) is 12.1 Å². The van der Waals surface area contributed by atoms with Crippen LogP contribution in [-0.2, 0) is 5.88 Å². The predicted octanol–water partition coefficient (Wildman–Crippen LogP) is 3.29. The molecule has 2 N–H and O–H groups in total. The monoisotopic (exact) mass is 306 g/mol. The van der Waals surface area contributed by atoms with E-state index in [1.54, 1.807) is 24.3 Å². The van der Waals surface area contributed by atoms with Crippen LogP contribution in [-0.4, -0.2) is 15.9 Å². The van der Waals surface area contributed by atoms with Crippen molar-refractivity contribution >= 4 is 28.9 Å². The van der Waals surface area contributed by atoms with Gasteiger partial charge < -0.3 is 10.4 Å². The first kappa shape index (κ1) is 14.8. The van der Waals surface area contributed by atoms with E-state index in [9.17, 15) is 20.0 Å². The molecule has 108 valence electrons. The number of carbonyl (C=O) groups is 1. The highest BCUT2D eigenvalue weighted by atomic mass is 35.5. The molecule has 0 spiro atoms. The number of non-ortho nitro benzene ring substituents is 1. The minimum absolute atomic E-state index is 0.104. The number of phenolic OH excluding ortho intramolecular Hbond substituents is 1. The van der Waals surface area contributed by atoms with Crippen molar-refractivity contribution in [3.63, 3.8) is 0 Å². The molecule has 21 heavy (non-hydrogen) atoms. The first-order chi connectivity index (χ1) is 10.0. The number of nitrogens with one attached hydrogen (secondary N) is 1. The van der Waals surface area contributed by atoms with E-state index in [0.717, 1.165) is 11.6 Å². The first-order valence-electron chi connectivity index (χ1n) is 5.95. The van der Waals surface area contributed by atoms with E-state index in [0.29, 0.717) is 11.4 Å². The maximum absolute atomic E-state index is 12.0. The van der Waals surface area contributed by atoms with Gasteiger partial charge >= 0.3 is 0 Å². The van der Waals surface area contributed by atoms with E-state index in [-0.39, 0.29) is 17.1 Å². The fraction of sp³-hybridized carbons (Fsp3) is 0.0714. The van der Waals surface area contributed by atoms with Gasteiger partial charge in [-0.05, 0) is 23.8 Å². The molecule has 0 saturated carbocycles. The molecule has 0 bridgehead atoms. The molecule has 1 amide bonds. The second-order valence-corrected chi connectivity index (χ2v) is 4.51. The number of amides is 1. The largest absolute Gasteiger partial charge is 0.506 e. The topological polar surface area (TPSA) is 92.5 Å². The van der Waals surface area contributed by atoms with Gasteiger partial charge in [-0.25, -0.2) is 0 Å². The summed E-state index contributed by atoms with van der Waals surface area (Å²) in [5.41, 5.74) is 1.12. The van der Waals surface area contributed by atoms with Gasteiger partial charge in [0, 0.05) is 17.5 Å². The van der Waals surface area contributed by atoms with Crippen LogP contribution < -0.4 is 5.32 Å². The molecule has 7 heteroatoms. The molecule has 2 aromatic rings. The third-order valence-corrected chi connectivity index (χ3v) is 3.12. The lowest BCUT2D eigenvalue weighted by Crippen LogP contribution is -2.12. The normalized spacial score (nSPS) is 10.1. The summed E-state index contributed by atoms with van der Waals surface area (Å²) in [6.45, 7) is 0. The number of nitrogens with zero attached hydrogens (tertiary/aromatic N) is 1. The van der Waals surface area contributed by atoms with Crippen molar-refractivity contribution in [2.24, 2.45) is 0 Å². The lowest BCUT2D eigenvalue weighted by Gasteiger charge is -2.07. The minimum atomic E-state index is -0.629. The van der Waals surface area contributed by atoms with Crippen molar-refractivity contribution < 1.29 is 14.8 Å². The molecule has 0 atom stereocenters. The molecule has 2 aromatic carbocycles. The Labute approximate surface area is 125 Å². The molecule has 0 fully saturated rings. The number of rotatable bonds is 4. The van der Waals surface area contributed by atoms with Crippen LogP contribution in [0.5, 0.6) is 5.75 Å². The number of phenols is 1. The van der Waals surface area contributed by atoms with Crippen LogP contribution in [0, 0.1) is 10.1 Å². The zero-order valence-electron chi connectivity index (χ0n) is 10.7. The molecule has 0 saturated heterocycles. The van der Waals surface area contributed by atoms with Crippen molar-refractivity contribution in [1.29, 1.82) is 0 Å². The van der Waals surface area contributed by atoms with Gasteiger partial charge in [0.15, 0.2) is 0 Å². The predicted molar refractivity (Wildman–Crippen MR) is 78.7 cm³/mol. The average molecular weight is 307 g/mol. The Morgan fingerprint density at radius 2 is 1.90 bits per heavy atom. The quantitative estimate of drug-likeness (QED) is 0.392. The molecule has 0 aromatic heterocycles. The van der Waals surface area contributed by atoms with Gasteiger partial charge in [0.1, 0.15) is 5.75 Å². The Morgan fingerprint density at radius 1 is 1.24 bits per heavy atom. The zero-order chi connectivity index (χ0) is 15.4. The van der Waals surface area contributed by atoms with Crippen LogP contribution in [0.2, 0.25) is 0 Å². The number of hydrogen-bond donors (Lipinski definition) is 2. The molecular formula is C14H11ClN2O4. The minimum Gasteiger partial charge on any atom is -0.506 e. The van der Waals surface area contributed by atoms with Crippen LogP contribution in [0.25, 0.3) is 0 Å². The van der Waals surface area contributed by atoms with Crippen LogP contribution in [0.1, 0.15) is 15.9 Å². The van der Waals surface area contributed by atoms with Crippen LogP contribution >= 0.6 is 11.6 Å². The molecule has 0 radical (unpaired) electrons. The number of benzene rings is 2. The number of halogens is 1. The fourth-order valence-electron chi connectivity index (χ4n) is 1.68. The first-order valence-corrected chi connectivity index (χ1v) is 6.48. The summed E-state index contributed by atoms with van der Waals surface area (Å²) in [5.74, 6) is -0.444. The lowest BCUT2D eigenvalue weighted by atomic mass is 10.1. The molecule has 2 rings (SSSR count). The Kier molecular flexibility index (Phi) is 4.39. The Bertz CT molecular complexity index is 686. The molecular weight excluding hydrogens is 296 g/mol. The van der Waals surface area contributed by atoms with Crippen molar-refractivity contribution in [3.8, 4) is 5.75 Å². The number of nitro groups is 1. The van der Waals surface area contributed by atoms with Crippen molar-refractivity contribution in [2.45, 2.75) is 5.88 Å². The highest BCUT2D eigenvalue weighted by Gasteiger charge is 2.13. The number of aromatic hydroxyl groups is 1. The third kappa shape index (κ3) is 3.49. The van der Waals surface area contributed by atoms with Gasteiger partial charge in [0.2, 0.25) is 0 Å². The van der Waals surface area contributed by atoms with Crippen molar-refractivity contribution in [2.75, 3.05) is 5.32 Å². The summed E-state index contributed by atoms with van der Waals surface area (Å²) in [7, 11) is 0. The summed E-state index contributed by atoms with van der Waals surface area (Å²) >= 11 is 5.66. The lowest BCUT2D eigenvalue weighted by molar-refractivity contribution is -0.384. The highest BCUT2D eigenvalue weighted by Crippen LogP contribution is 2.28. The summed E-state index contributed by atoms with van der Waals surface area (Å²) in [5, 5.41) is 22.7. The van der Waals surface area contributed by atoms with Crippen LogP contribution in [0.15, 0.2) is 42.5 Å². The van der Waals surface area contributed by atoms with Crippen molar-refractivity contribution in [1.82, 2.24) is 0 Å². The highest BCUT2D eigenvalue weighted by molar-refractivity contribution is 6.17. The van der Waals surface area contributed by atoms with E-state index in [1.807, 2.05) is 0 Å². The van der Waals surface area contributed by atoms with Crippen LogP contribution in [0.4, 0.5) is 11.4 Å². The molecule has 0 aliphatic rings. The Morgan fingerprint density at radius 3 is 2.43 bits per heavy atom. The van der Waals surface area contributed by atoms with Gasteiger partial charge in [-0.1, -0.05) is 12.1 Å². The fourth-order valence-corrected chi connectivity index (χ4v) is 1.86. The second-order valence-electron chi connectivity index (χ2n) is 4.24. The Balaban J connectivity index is 2.17. The maximum atomic E-state index is 12.0. The van der Waals surface area contributed by atoms with Gasteiger partial charge in [-0.3, -0.25) is 14.9 Å². The molecule has 0 aliphatic carbocycles. The number of nitro benzene ring substituents is 1. The Hall–Kier alpha value is -2.60. The standard InChI is InChI=1S/C14H11ClN2O4/c15-8-9-1-3-10(4-2-9)14(19)16-12-6-5-11(17(20)21)7-13(12)18/h1-7,18H,8H2,(H,16,19). The number of anilines is 1. The number of hydrogen-bond acceptors (Lipinski definition) is 4. The van der Waals surface area contributed by atoms with E-state index in [4.69, 9.17) is 11.6 Å². The molecule has 6 nitrogen and oxygen atoms in total. The SMILES string of the molecule is O=C(Nc1ccc([N+](=O)[O-])cc1O)c1ccc(CCl)cc1. The van der Waals surface area contributed by atoms with Crippen molar-refractivity contribution in [3.05, 3.63) is 63.7 Å². The second kappa shape index (κ2) is 6.23. The summed E-state index contributed by atoms with van der Waals surface area (Å²) < 4.78 is 0. The van der Waals surface area contributed by atoms with E-state index < -0.39 is 10.8 Å². The van der Waals surface area contributed by atoms with Gasteiger partial charge in [0.25, 0.3) is 11.6 Å². The van der Waals surface area contributed by atoms with E-state index >= 15 is 0 Å². The summed E-state index contributed by atoms with van der Waals surface area (Å²) in [6.07, 6.45) is 0. The average Bonchev–Trinajstić information content (AvgIpc) is 2.49. The number of alkyl halides is 1. The van der Waals surface area contributed by atoms with Gasteiger partial charge in [-0.2, -0.15) is 0 Å². The van der Waals surface area contributed by atoms with Gasteiger partial charge in [0.05, 0.1) is 16.7 Å². The van der Waals surface area contributed by atoms with Gasteiger partial charge in [-0.15, -0.1) is 11.6 Å². The maximum Gasteiger partial charge on any atom is 0.273 e. The number of carbonyl (C=O) groups excluding carboxylic acids is 1. The molecule has 0 heterocycles. The van der Waals surface area contributed by atoms with Crippen LogP contribution in [0.3, 0.4) is 0 Å².